The van der Waals surface area contributed by atoms with Crippen molar-refractivity contribution in [3.63, 3.8) is 0 Å². The molecule has 0 bridgehead atoms. The van der Waals surface area contributed by atoms with E-state index in [1.165, 1.54) is 41.7 Å². The van der Waals surface area contributed by atoms with Crippen LogP contribution in [0.2, 0.25) is 0 Å². The lowest BCUT2D eigenvalue weighted by Gasteiger charge is -2.31. The second kappa shape index (κ2) is 33.7. The van der Waals surface area contributed by atoms with E-state index in [1.807, 2.05) is 13.8 Å². The fourth-order valence-corrected chi connectivity index (χ4v) is 10.7. The van der Waals surface area contributed by atoms with Crippen LogP contribution < -0.4 is 59.3 Å². The van der Waals surface area contributed by atoms with Crippen LogP contribution in [0.3, 0.4) is 0 Å². The summed E-state index contributed by atoms with van der Waals surface area (Å²) >= 11 is 0. The fraction of sp³-hybridized carbons (Fsp3) is 0.525. The molecule has 0 aliphatic carbocycles. The number of likely N-dealkylation sites (tertiary alicyclic amines) is 1. The van der Waals surface area contributed by atoms with Crippen LogP contribution in [0.25, 0.3) is 10.9 Å². The molecular formula is C61H86N16O13. The van der Waals surface area contributed by atoms with Crippen molar-refractivity contribution in [1.29, 1.82) is 0 Å². The molecule has 9 atom stereocenters. The molecule has 2 aromatic carbocycles. The zero-order chi connectivity index (χ0) is 65.6. The fourth-order valence-electron chi connectivity index (χ4n) is 10.7. The maximum atomic E-state index is 14.8. The van der Waals surface area contributed by atoms with Crippen LogP contribution in [0.5, 0.6) is 5.75 Å². The number of amides is 10. The Hall–Kier alpha value is -9.57. The molecule has 2 saturated heterocycles. The number of hydrogen-bond donors (Lipinski definition) is 14. The van der Waals surface area contributed by atoms with Crippen LogP contribution in [-0.2, 0) is 76.7 Å². The minimum atomic E-state index is -1.75. The number of aromatic nitrogens is 3. The Morgan fingerprint density at radius 3 is 1.87 bits per heavy atom. The Kier molecular flexibility index (Phi) is 26.0. The molecule has 2 fully saturated rings. The third kappa shape index (κ3) is 21.1. The number of fused-ring (bicyclic) bond motifs is 1. The molecule has 16 N–H and O–H groups in total. The predicted octanol–water partition coefficient (Wildman–Crippen LogP) is -0.867. The van der Waals surface area contributed by atoms with Gasteiger partial charge in [0.2, 0.25) is 59.1 Å². The third-order valence-electron chi connectivity index (χ3n) is 15.2. The summed E-state index contributed by atoms with van der Waals surface area (Å²) in [6.45, 7) is 10.1. The number of nitrogens with two attached hydrogens (primary N) is 2. The van der Waals surface area contributed by atoms with Gasteiger partial charge in [-0.1, -0.05) is 58.0 Å². The quantitative estimate of drug-likeness (QED) is 0.0119. The summed E-state index contributed by atoms with van der Waals surface area (Å²) in [7, 11) is 0. The molecule has 2 aliphatic heterocycles. The van der Waals surface area contributed by atoms with Gasteiger partial charge in [-0.2, -0.15) is 0 Å². The summed E-state index contributed by atoms with van der Waals surface area (Å²) in [4.78, 5) is 169. The first-order chi connectivity index (χ1) is 42.9. The number of aliphatic imine (C=N–C) groups is 1. The smallest absolute Gasteiger partial charge is 0.302 e. The molecule has 4 aromatic rings. The zero-order valence-corrected chi connectivity index (χ0v) is 51.7. The van der Waals surface area contributed by atoms with Crippen molar-refractivity contribution in [2.75, 3.05) is 26.2 Å². The Labute approximate surface area is 521 Å². The number of guanidine groups is 1. The van der Waals surface area contributed by atoms with E-state index in [0.717, 1.165) is 6.92 Å². The van der Waals surface area contributed by atoms with E-state index in [1.54, 1.807) is 51.2 Å². The minimum absolute atomic E-state index is 0.0216. The Morgan fingerprint density at radius 2 is 1.29 bits per heavy atom. The number of nitrogens with one attached hydrogen (secondary N) is 11. The van der Waals surface area contributed by atoms with Crippen molar-refractivity contribution in [3.8, 4) is 5.75 Å². The van der Waals surface area contributed by atoms with Gasteiger partial charge in [-0.3, -0.25) is 57.7 Å². The topological polar surface area (TPSA) is 438 Å². The standard InChI is InChI=1S/C61H86N16O13/c1-7-65-59(88)50-15-11-23-77(50)60(89)43(14-10-22-66-61(62)63)70-53(82)44(24-33(2)3)71-54(83)45(25-34(4)5)72-55(84)46(26-36-16-18-39(79)19-17-36)73-58(87)49(31-90-35(6)78)76-56(85)47(27-37-29-67-41-13-9-8-12-40(37)41)74-57(86)48(28-38-30-64-32-68-38)75-52(81)42-20-21-51(80)69-42/h8-9,12-13,16-19,29-30,32-34,42-50,67,79H,7,10-11,14-15,20-28,31H2,1-6H3,(H,64,68)(H,65,88)(H,69,80)(H,70,82)(H,71,83)(H,72,84)(H,73,87)(H,74,86)(H,75,81)(H,76,85)(H4,62,63,66). The number of rotatable bonds is 33. The number of aromatic amines is 2. The van der Waals surface area contributed by atoms with Crippen LogP contribution in [0.4, 0.5) is 0 Å². The predicted molar refractivity (Wildman–Crippen MR) is 330 cm³/mol. The highest BCUT2D eigenvalue weighted by Crippen LogP contribution is 2.22. The van der Waals surface area contributed by atoms with Crippen molar-refractivity contribution in [2.45, 2.75) is 167 Å². The number of ether oxygens (including phenoxy) is 1. The van der Waals surface area contributed by atoms with E-state index in [9.17, 15) is 57.8 Å². The Balaban J connectivity index is 1.26. The molecule has 10 amide bonds. The number of aromatic hydroxyl groups is 1. The van der Waals surface area contributed by atoms with Gasteiger partial charge in [-0.05, 0) is 93.0 Å². The lowest BCUT2D eigenvalue weighted by molar-refractivity contribution is -0.145. The van der Waals surface area contributed by atoms with Gasteiger partial charge in [-0.15, -0.1) is 0 Å². The molecule has 2 aromatic heterocycles. The highest BCUT2D eigenvalue weighted by atomic mass is 16.5. The van der Waals surface area contributed by atoms with Crippen LogP contribution in [0.1, 0.15) is 110 Å². The molecule has 29 heteroatoms. The largest absolute Gasteiger partial charge is 0.508 e. The second-order valence-corrected chi connectivity index (χ2v) is 23.4. The SMILES string of the molecule is CCNC(=O)C1CCCN1C(=O)C(CCCN=C(N)N)NC(=O)C(CC(C)C)NC(=O)C(CC(C)C)NC(=O)C(Cc1ccc(O)cc1)NC(=O)C(COC(C)=O)NC(=O)C(Cc1c[nH]c2ccccc12)NC(=O)C(Cc1cnc[nH]1)NC(=O)C1CCC(=O)N1. The lowest BCUT2D eigenvalue weighted by atomic mass is 9.98. The number of nitrogens with zero attached hydrogens (tertiary/aromatic N) is 3. The molecule has 9 unspecified atom stereocenters. The zero-order valence-electron chi connectivity index (χ0n) is 51.7. The molecule has 4 heterocycles. The number of carbonyl (C=O) groups is 11. The molecule has 0 spiro atoms. The monoisotopic (exact) mass is 1250 g/mol. The number of imidazole rings is 1. The Bertz CT molecular complexity index is 3180. The molecule has 29 nitrogen and oxygen atoms in total. The van der Waals surface area contributed by atoms with Gasteiger partial charge in [0, 0.05) is 81.2 Å². The lowest BCUT2D eigenvalue weighted by Crippen LogP contribution is -2.61. The van der Waals surface area contributed by atoms with E-state index in [2.05, 4.69) is 67.8 Å². The molecule has 488 valence electrons. The number of likely N-dealkylation sites (N-methyl/N-ethyl adjacent to an activating group) is 1. The van der Waals surface area contributed by atoms with E-state index in [0.29, 0.717) is 47.1 Å². The second-order valence-electron chi connectivity index (χ2n) is 23.4. The number of phenolic OH excluding ortho intramolecular Hbond substituents is 1. The maximum absolute atomic E-state index is 14.8. The summed E-state index contributed by atoms with van der Waals surface area (Å²) in [6, 6.07) is 1.35. The number of para-hydroxylation sites is 1. The van der Waals surface area contributed by atoms with Crippen molar-refractivity contribution < 1.29 is 62.6 Å². The number of benzene rings is 2. The van der Waals surface area contributed by atoms with Crippen LogP contribution in [0.15, 0.2) is 72.2 Å². The molecule has 90 heavy (non-hydrogen) atoms. The van der Waals surface area contributed by atoms with Gasteiger partial charge < -0.3 is 84.0 Å². The first-order valence-electron chi connectivity index (χ1n) is 30.4. The first kappa shape index (κ1) is 69.5. The van der Waals surface area contributed by atoms with Crippen LogP contribution in [-0.4, -0.2) is 177 Å². The van der Waals surface area contributed by atoms with Gasteiger partial charge >= 0.3 is 5.97 Å². The Morgan fingerprint density at radius 1 is 0.711 bits per heavy atom. The van der Waals surface area contributed by atoms with Gasteiger partial charge in [-0.25, -0.2) is 4.98 Å². The van der Waals surface area contributed by atoms with E-state index in [4.69, 9.17) is 16.2 Å². The molecular weight excluding hydrogens is 1160 g/mol. The van der Waals surface area contributed by atoms with E-state index < -0.39 is 114 Å². The van der Waals surface area contributed by atoms with Crippen LogP contribution in [0, 0.1) is 11.8 Å². The molecule has 0 saturated carbocycles. The third-order valence-corrected chi connectivity index (χ3v) is 15.2. The summed E-state index contributed by atoms with van der Waals surface area (Å²) in [5.74, 6) is -8.56. The summed E-state index contributed by atoms with van der Waals surface area (Å²) in [5.41, 5.74) is 13.3. The normalized spacial score (nSPS) is 16.9. The average Bonchev–Trinajstić information content (AvgIpc) is 1.98. The maximum Gasteiger partial charge on any atom is 0.302 e. The van der Waals surface area contributed by atoms with Crippen LogP contribution >= 0.6 is 0 Å². The van der Waals surface area contributed by atoms with Gasteiger partial charge in [0.05, 0.1) is 6.33 Å². The number of esters is 1. The summed E-state index contributed by atoms with van der Waals surface area (Å²) in [5, 5.41) is 35.3. The number of phenols is 1. The van der Waals surface area contributed by atoms with Gasteiger partial charge in [0.1, 0.15) is 66.7 Å². The molecule has 0 radical (unpaired) electrons. The summed E-state index contributed by atoms with van der Waals surface area (Å²) in [6.07, 6.45) is 5.63. The number of H-pyrrole nitrogens is 2. The first-order valence-corrected chi connectivity index (χ1v) is 30.4. The highest BCUT2D eigenvalue weighted by molar-refractivity contribution is 5.99. The van der Waals surface area contributed by atoms with E-state index in [-0.39, 0.29) is 106 Å². The summed E-state index contributed by atoms with van der Waals surface area (Å²) < 4.78 is 5.30. The minimum Gasteiger partial charge on any atom is -0.508 e. The number of carbonyl (C=O) groups excluding carboxylic acids is 11. The van der Waals surface area contributed by atoms with Crippen molar-refractivity contribution >= 4 is 81.9 Å². The highest BCUT2D eigenvalue weighted by Gasteiger charge is 2.40. The van der Waals surface area contributed by atoms with Gasteiger partial charge in [0.25, 0.3) is 0 Å². The molecule has 2 aliphatic rings. The van der Waals surface area contributed by atoms with Gasteiger partial charge in [0.15, 0.2) is 5.96 Å². The molecule has 6 rings (SSSR count). The number of hydrogen-bond acceptors (Lipinski definition) is 15. The van der Waals surface area contributed by atoms with E-state index >= 15 is 0 Å². The average molecular weight is 1250 g/mol. The van der Waals surface area contributed by atoms with Crippen molar-refractivity contribution in [2.24, 2.45) is 28.3 Å². The van der Waals surface area contributed by atoms with Crippen molar-refractivity contribution in [3.05, 3.63) is 84.1 Å². The van der Waals surface area contributed by atoms with Crippen molar-refractivity contribution in [1.82, 2.24) is 67.7 Å².